The molecule has 1 unspecified atom stereocenters. The molecule has 0 bridgehead atoms. The van der Waals surface area contributed by atoms with E-state index in [0.29, 0.717) is 0 Å². The van der Waals surface area contributed by atoms with Crippen LogP contribution >= 0.6 is 0 Å². The van der Waals surface area contributed by atoms with Crippen LogP contribution in [0.5, 0.6) is 0 Å². The van der Waals surface area contributed by atoms with Gasteiger partial charge in [0.25, 0.3) is 0 Å². The standard InChI is InChI=1S/2C10H21N.2C2H6/c1-9(2)8-10-4-6-11(3)7-5-10;1-9(2)7-10-5-4-6-11(3)8-10;2*1-2/h2*9-10H,4-8H2,1-3H3;2*1-2H3. The molecule has 2 heteroatoms. The first-order valence-electron chi connectivity index (χ1n) is 11.7. The van der Waals surface area contributed by atoms with Crippen LogP contribution in [0.3, 0.4) is 0 Å². The molecule has 2 rings (SSSR count). The molecule has 2 aliphatic heterocycles. The Morgan fingerprint density at radius 2 is 1.12 bits per heavy atom. The van der Waals surface area contributed by atoms with Gasteiger partial charge in [-0.2, -0.15) is 0 Å². The summed E-state index contributed by atoms with van der Waals surface area (Å²) in [6.45, 7) is 22.6. The molecule has 0 radical (unpaired) electrons. The summed E-state index contributed by atoms with van der Waals surface area (Å²) in [5.74, 6) is 3.77. The molecule has 0 saturated carbocycles. The highest BCUT2D eigenvalue weighted by Crippen LogP contribution is 2.23. The van der Waals surface area contributed by atoms with Gasteiger partial charge in [0, 0.05) is 6.54 Å². The highest BCUT2D eigenvalue weighted by atomic mass is 15.1. The van der Waals surface area contributed by atoms with E-state index in [9.17, 15) is 0 Å². The minimum Gasteiger partial charge on any atom is -0.306 e. The number of rotatable bonds is 4. The fourth-order valence-corrected chi connectivity index (χ4v) is 4.10. The molecule has 0 N–H and O–H groups in total. The third-order valence-corrected chi connectivity index (χ3v) is 5.17. The number of hydrogen-bond acceptors (Lipinski definition) is 2. The van der Waals surface area contributed by atoms with Gasteiger partial charge in [-0.15, -0.1) is 0 Å². The molecule has 1 atom stereocenters. The minimum atomic E-state index is 0.881. The maximum atomic E-state index is 2.47. The van der Waals surface area contributed by atoms with Crippen molar-refractivity contribution in [1.29, 1.82) is 0 Å². The van der Waals surface area contributed by atoms with E-state index in [0.717, 1.165) is 23.7 Å². The molecule has 0 aromatic carbocycles. The second kappa shape index (κ2) is 18.3. The molecule has 0 amide bonds. The highest BCUT2D eigenvalue weighted by molar-refractivity contribution is 4.71. The molecule has 160 valence electrons. The fourth-order valence-electron chi connectivity index (χ4n) is 4.10. The smallest absolute Gasteiger partial charge is 0.000671 e. The summed E-state index contributed by atoms with van der Waals surface area (Å²) in [5, 5.41) is 0. The summed E-state index contributed by atoms with van der Waals surface area (Å²) < 4.78 is 0. The predicted molar refractivity (Wildman–Crippen MR) is 122 cm³/mol. The first kappa shape index (κ1) is 28.1. The van der Waals surface area contributed by atoms with Gasteiger partial charge in [0.15, 0.2) is 0 Å². The zero-order valence-electron chi connectivity index (χ0n) is 20.3. The largest absolute Gasteiger partial charge is 0.306 e. The summed E-state index contributed by atoms with van der Waals surface area (Å²) >= 11 is 0. The lowest BCUT2D eigenvalue weighted by Gasteiger charge is -2.30. The summed E-state index contributed by atoms with van der Waals surface area (Å²) in [4.78, 5) is 4.91. The summed E-state index contributed by atoms with van der Waals surface area (Å²) in [6.07, 6.45) is 8.58. The molecule has 2 fully saturated rings. The van der Waals surface area contributed by atoms with Gasteiger partial charge in [-0.1, -0.05) is 55.4 Å². The summed E-state index contributed by atoms with van der Waals surface area (Å²) in [7, 11) is 4.47. The van der Waals surface area contributed by atoms with E-state index < -0.39 is 0 Å². The van der Waals surface area contributed by atoms with Crippen LogP contribution in [0.25, 0.3) is 0 Å². The van der Waals surface area contributed by atoms with Crippen molar-refractivity contribution in [2.75, 3.05) is 40.3 Å². The van der Waals surface area contributed by atoms with Crippen molar-refractivity contribution in [3.63, 3.8) is 0 Å². The predicted octanol–water partition coefficient (Wildman–Crippen LogP) is 6.80. The number of nitrogens with zero attached hydrogens (tertiary/aromatic N) is 2. The number of hydrogen-bond donors (Lipinski definition) is 0. The van der Waals surface area contributed by atoms with Crippen molar-refractivity contribution in [3.05, 3.63) is 0 Å². The van der Waals surface area contributed by atoms with E-state index in [2.05, 4.69) is 51.6 Å². The van der Waals surface area contributed by atoms with E-state index in [1.54, 1.807) is 0 Å². The van der Waals surface area contributed by atoms with Gasteiger partial charge < -0.3 is 9.80 Å². The van der Waals surface area contributed by atoms with E-state index in [4.69, 9.17) is 0 Å². The maximum absolute atomic E-state index is 2.47. The molecule has 2 aliphatic rings. The van der Waals surface area contributed by atoms with Crippen LogP contribution in [0, 0.1) is 23.7 Å². The van der Waals surface area contributed by atoms with E-state index in [-0.39, 0.29) is 0 Å². The lowest BCUT2D eigenvalue weighted by atomic mass is 9.89. The Hall–Kier alpha value is -0.0800. The number of piperidine rings is 2. The van der Waals surface area contributed by atoms with E-state index in [1.165, 1.54) is 64.7 Å². The van der Waals surface area contributed by atoms with Crippen LogP contribution < -0.4 is 0 Å². The fraction of sp³-hybridized carbons (Fsp3) is 1.00. The van der Waals surface area contributed by atoms with Gasteiger partial charge in [0.1, 0.15) is 0 Å². The van der Waals surface area contributed by atoms with E-state index >= 15 is 0 Å². The molecular formula is C24H54N2. The molecule has 2 saturated heterocycles. The van der Waals surface area contributed by atoms with Crippen LogP contribution in [-0.4, -0.2) is 50.1 Å². The van der Waals surface area contributed by atoms with Crippen molar-refractivity contribution in [2.24, 2.45) is 23.7 Å². The monoisotopic (exact) mass is 370 g/mol. The average molecular weight is 371 g/mol. The van der Waals surface area contributed by atoms with Crippen LogP contribution in [0.15, 0.2) is 0 Å². The van der Waals surface area contributed by atoms with Gasteiger partial charge >= 0.3 is 0 Å². The Balaban J connectivity index is 0. The molecule has 0 aromatic rings. The Labute approximate surface area is 168 Å². The van der Waals surface area contributed by atoms with Crippen molar-refractivity contribution in [1.82, 2.24) is 9.80 Å². The number of likely N-dealkylation sites (tertiary alicyclic amines) is 2. The third kappa shape index (κ3) is 16.1. The zero-order valence-corrected chi connectivity index (χ0v) is 20.3. The maximum Gasteiger partial charge on any atom is 0.000671 e. The lowest BCUT2D eigenvalue weighted by Crippen LogP contribution is -2.32. The van der Waals surface area contributed by atoms with Crippen molar-refractivity contribution < 1.29 is 0 Å². The Bertz CT molecular complexity index is 265. The first-order valence-corrected chi connectivity index (χ1v) is 11.7. The van der Waals surface area contributed by atoms with Gasteiger partial charge in [-0.25, -0.2) is 0 Å². The van der Waals surface area contributed by atoms with Gasteiger partial charge in [-0.3, -0.25) is 0 Å². The Morgan fingerprint density at radius 1 is 0.654 bits per heavy atom. The average Bonchev–Trinajstić information content (AvgIpc) is 2.60. The normalized spacial score (nSPS) is 21.9. The molecular weight excluding hydrogens is 316 g/mol. The van der Waals surface area contributed by atoms with Crippen LogP contribution in [-0.2, 0) is 0 Å². The SMILES string of the molecule is CC.CC.CC(C)CC1CCCN(C)C1.CC(C)CC1CCN(C)CC1. The highest BCUT2D eigenvalue weighted by Gasteiger charge is 2.18. The topological polar surface area (TPSA) is 6.48 Å². The summed E-state index contributed by atoms with van der Waals surface area (Å²) in [6, 6.07) is 0. The molecule has 0 spiro atoms. The van der Waals surface area contributed by atoms with Crippen molar-refractivity contribution >= 4 is 0 Å². The van der Waals surface area contributed by atoms with Crippen LogP contribution in [0.4, 0.5) is 0 Å². The minimum absolute atomic E-state index is 0.881. The zero-order chi connectivity index (χ0) is 20.5. The Kier molecular flexibility index (Phi) is 19.8. The summed E-state index contributed by atoms with van der Waals surface area (Å²) in [5.41, 5.74) is 0. The lowest BCUT2D eigenvalue weighted by molar-refractivity contribution is 0.190. The quantitative estimate of drug-likeness (QED) is 0.537. The van der Waals surface area contributed by atoms with Crippen LogP contribution in [0.1, 0.15) is 93.9 Å². The Morgan fingerprint density at radius 3 is 1.54 bits per heavy atom. The third-order valence-electron chi connectivity index (χ3n) is 5.17. The second-order valence-electron chi connectivity index (χ2n) is 8.78. The van der Waals surface area contributed by atoms with E-state index in [1.807, 2.05) is 27.7 Å². The molecule has 0 aliphatic carbocycles. The first-order chi connectivity index (χ1) is 12.4. The van der Waals surface area contributed by atoms with Gasteiger partial charge in [0.2, 0.25) is 0 Å². The van der Waals surface area contributed by atoms with Crippen molar-refractivity contribution in [2.45, 2.75) is 93.9 Å². The molecule has 2 nitrogen and oxygen atoms in total. The van der Waals surface area contributed by atoms with Gasteiger partial charge in [-0.05, 0) is 95.9 Å². The van der Waals surface area contributed by atoms with Crippen LogP contribution in [0.2, 0.25) is 0 Å². The van der Waals surface area contributed by atoms with Crippen molar-refractivity contribution in [3.8, 4) is 0 Å². The molecule has 2 heterocycles. The second-order valence-corrected chi connectivity index (χ2v) is 8.78. The van der Waals surface area contributed by atoms with Gasteiger partial charge in [0.05, 0.1) is 0 Å². The molecule has 26 heavy (non-hydrogen) atoms. The molecule has 0 aromatic heterocycles.